The van der Waals surface area contributed by atoms with E-state index in [2.05, 4.69) is 4.99 Å². The molecule has 0 aliphatic carbocycles. The number of hydrogen-bond donors (Lipinski definition) is 0. The molecule has 2 aromatic carbocycles. The van der Waals surface area contributed by atoms with Gasteiger partial charge in [0.1, 0.15) is 5.75 Å². The third-order valence-electron chi connectivity index (χ3n) is 6.48. The number of aryl methyl sites for hydroxylation is 1. The van der Waals surface area contributed by atoms with E-state index in [0.717, 1.165) is 28.2 Å². The highest BCUT2D eigenvalue weighted by atomic mass is 32.1. The van der Waals surface area contributed by atoms with Gasteiger partial charge in [-0.1, -0.05) is 41.7 Å². The number of esters is 1. The number of ether oxygens (including phenoxy) is 2. The van der Waals surface area contributed by atoms with Gasteiger partial charge in [0.25, 0.3) is 5.56 Å². The van der Waals surface area contributed by atoms with E-state index in [4.69, 9.17) is 14.6 Å². The molecule has 188 valence electrons. The third kappa shape index (κ3) is 4.21. The standard InChI is InChI=1S/C28H26N4O4S/c1-16-22(18(3)32(30-16)20-9-7-6-8-10-20)15-23-26(33)31-25(19-11-13-21(35-4)14-12-19)24(27(34)36-5)17(2)29-28(31)37-23/h6-15,25H,1-5H3/b23-15+/t25-/m0/s1. The van der Waals surface area contributed by atoms with E-state index < -0.39 is 12.0 Å². The summed E-state index contributed by atoms with van der Waals surface area (Å²) in [6.45, 7) is 5.67. The Morgan fingerprint density at radius 1 is 1.03 bits per heavy atom. The van der Waals surface area contributed by atoms with E-state index in [1.54, 1.807) is 30.7 Å². The number of nitrogens with zero attached hydrogens (tertiary/aromatic N) is 4. The molecule has 37 heavy (non-hydrogen) atoms. The van der Waals surface area contributed by atoms with Crippen LogP contribution >= 0.6 is 11.3 Å². The molecule has 0 bridgehead atoms. The minimum Gasteiger partial charge on any atom is -0.497 e. The molecule has 4 aromatic rings. The third-order valence-corrected chi connectivity index (χ3v) is 7.46. The van der Waals surface area contributed by atoms with Crippen molar-refractivity contribution in [3.8, 4) is 11.4 Å². The highest BCUT2D eigenvalue weighted by Gasteiger charge is 2.33. The first-order valence-electron chi connectivity index (χ1n) is 11.7. The van der Waals surface area contributed by atoms with Crippen LogP contribution in [-0.4, -0.2) is 34.5 Å². The van der Waals surface area contributed by atoms with Crippen molar-refractivity contribution in [2.75, 3.05) is 14.2 Å². The largest absolute Gasteiger partial charge is 0.497 e. The molecule has 1 atom stereocenters. The van der Waals surface area contributed by atoms with E-state index in [1.807, 2.05) is 67.1 Å². The van der Waals surface area contributed by atoms with Gasteiger partial charge in [-0.2, -0.15) is 5.10 Å². The lowest BCUT2D eigenvalue weighted by atomic mass is 9.96. The number of rotatable bonds is 5. The van der Waals surface area contributed by atoms with Crippen LogP contribution in [0.25, 0.3) is 11.8 Å². The first kappa shape index (κ1) is 24.5. The maximum absolute atomic E-state index is 13.8. The number of carbonyl (C=O) groups is 1. The van der Waals surface area contributed by atoms with Gasteiger partial charge in [-0.05, 0) is 56.7 Å². The van der Waals surface area contributed by atoms with Gasteiger partial charge in [0.15, 0.2) is 4.80 Å². The quantitative estimate of drug-likeness (QED) is 0.382. The molecular weight excluding hydrogens is 488 g/mol. The molecule has 0 saturated heterocycles. The summed E-state index contributed by atoms with van der Waals surface area (Å²) < 4.78 is 14.3. The molecular formula is C28H26N4O4S. The molecule has 0 spiro atoms. The molecule has 9 heteroatoms. The zero-order chi connectivity index (χ0) is 26.3. The topological polar surface area (TPSA) is 87.7 Å². The molecule has 1 aliphatic heterocycles. The van der Waals surface area contributed by atoms with Crippen LogP contribution in [0.1, 0.15) is 35.5 Å². The van der Waals surface area contributed by atoms with Crippen molar-refractivity contribution in [1.29, 1.82) is 0 Å². The summed E-state index contributed by atoms with van der Waals surface area (Å²) in [5, 5.41) is 4.70. The summed E-state index contributed by atoms with van der Waals surface area (Å²) in [6.07, 6.45) is 1.86. The Balaban J connectivity index is 1.70. The Morgan fingerprint density at radius 3 is 2.38 bits per heavy atom. The van der Waals surface area contributed by atoms with Crippen molar-refractivity contribution in [3.05, 3.63) is 108 Å². The molecule has 2 aromatic heterocycles. The summed E-state index contributed by atoms with van der Waals surface area (Å²) in [5.41, 5.74) is 4.93. The lowest BCUT2D eigenvalue weighted by Crippen LogP contribution is -2.39. The highest BCUT2D eigenvalue weighted by Crippen LogP contribution is 2.31. The fraction of sp³-hybridized carbons (Fsp3) is 0.214. The molecule has 0 fully saturated rings. The van der Waals surface area contributed by atoms with Crippen molar-refractivity contribution < 1.29 is 14.3 Å². The molecule has 8 nitrogen and oxygen atoms in total. The number of carbonyl (C=O) groups excluding carboxylic acids is 1. The van der Waals surface area contributed by atoms with Crippen molar-refractivity contribution in [3.63, 3.8) is 0 Å². The molecule has 1 aliphatic rings. The van der Waals surface area contributed by atoms with Crippen LogP contribution < -0.4 is 19.6 Å². The van der Waals surface area contributed by atoms with Gasteiger partial charge in [-0.3, -0.25) is 9.36 Å². The summed E-state index contributed by atoms with van der Waals surface area (Å²) in [5.74, 6) is 0.157. The predicted octanol–water partition coefficient (Wildman–Crippen LogP) is 3.22. The summed E-state index contributed by atoms with van der Waals surface area (Å²) in [6, 6.07) is 16.5. The fourth-order valence-electron chi connectivity index (χ4n) is 4.61. The van der Waals surface area contributed by atoms with E-state index in [9.17, 15) is 9.59 Å². The zero-order valence-electron chi connectivity index (χ0n) is 21.2. The van der Waals surface area contributed by atoms with Gasteiger partial charge in [0, 0.05) is 11.3 Å². The smallest absolute Gasteiger partial charge is 0.338 e. The lowest BCUT2D eigenvalue weighted by Gasteiger charge is -2.24. The number of benzene rings is 2. The Kier molecular flexibility index (Phi) is 6.39. The fourth-order valence-corrected chi connectivity index (χ4v) is 5.64. The van der Waals surface area contributed by atoms with Gasteiger partial charge >= 0.3 is 5.97 Å². The van der Waals surface area contributed by atoms with Crippen molar-refractivity contribution >= 4 is 23.4 Å². The Bertz CT molecular complexity index is 1710. The van der Waals surface area contributed by atoms with Crippen molar-refractivity contribution in [1.82, 2.24) is 14.3 Å². The van der Waals surface area contributed by atoms with Crippen molar-refractivity contribution in [2.45, 2.75) is 26.8 Å². The van der Waals surface area contributed by atoms with Gasteiger partial charge < -0.3 is 9.47 Å². The lowest BCUT2D eigenvalue weighted by molar-refractivity contribution is -0.136. The van der Waals surface area contributed by atoms with Gasteiger partial charge in [0.2, 0.25) is 0 Å². The maximum Gasteiger partial charge on any atom is 0.338 e. The Morgan fingerprint density at radius 2 is 1.73 bits per heavy atom. The van der Waals surface area contributed by atoms with Crippen LogP contribution in [0.4, 0.5) is 0 Å². The minimum absolute atomic E-state index is 0.232. The number of fused-ring (bicyclic) bond motifs is 1. The Labute approximate surface area is 217 Å². The molecule has 0 amide bonds. The first-order chi connectivity index (χ1) is 17.8. The van der Waals surface area contributed by atoms with Gasteiger partial charge in [-0.25, -0.2) is 14.5 Å². The Hall–Kier alpha value is -4.24. The number of para-hydroxylation sites is 1. The van der Waals surface area contributed by atoms with Crippen LogP contribution in [0.3, 0.4) is 0 Å². The van der Waals surface area contributed by atoms with Crippen LogP contribution in [0.2, 0.25) is 0 Å². The van der Waals surface area contributed by atoms with E-state index in [-0.39, 0.29) is 5.56 Å². The predicted molar refractivity (Wildman–Crippen MR) is 142 cm³/mol. The number of allylic oxidation sites excluding steroid dienone is 1. The van der Waals surface area contributed by atoms with E-state index in [1.165, 1.54) is 18.4 Å². The molecule has 0 radical (unpaired) electrons. The number of methoxy groups -OCH3 is 2. The van der Waals surface area contributed by atoms with Crippen LogP contribution in [0.15, 0.2) is 75.7 Å². The number of thiazole rings is 1. The second kappa shape index (κ2) is 9.67. The maximum atomic E-state index is 13.8. The molecule has 0 saturated carbocycles. The second-order valence-corrected chi connectivity index (χ2v) is 9.69. The first-order valence-corrected chi connectivity index (χ1v) is 12.5. The molecule has 3 heterocycles. The van der Waals surface area contributed by atoms with Crippen LogP contribution in [-0.2, 0) is 9.53 Å². The molecule has 0 unspecified atom stereocenters. The van der Waals surface area contributed by atoms with Crippen molar-refractivity contribution in [2.24, 2.45) is 4.99 Å². The normalized spacial score (nSPS) is 15.4. The van der Waals surface area contributed by atoms with E-state index >= 15 is 0 Å². The number of aromatic nitrogens is 3. The zero-order valence-corrected chi connectivity index (χ0v) is 22.0. The highest BCUT2D eigenvalue weighted by molar-refractivity contribution is 7.07. The summed E-state index contributed by atoms with van der Waals surface area (Å²) in [7, 11) is 2.92. The van der Waals surface area contributed by atoms with Crippen LogP contribution in [0, 0.1) is 13.8 Å². The average molecular weight is 515 g/mol. The van der Waals surface area contributed by atoms with E-state index in [0.29, 0.717) is 26.4 Å². The van der Waals surface area contributed by atoms with Gasteiger partial charge in [-0.15, -0.1) is 0 Å². The number of hydrogen-bond acceptors (Lipinski definition) is 7. The SMILES string of the molecule is COC(=O)C1=C(C)N=c2s/c(=C/c3c(C)nn(-c4ccccc4)c3C)c(=O)n2[C@H]1c1ccc(OC)cc1. The van der Waals surface area contributed by atoms with Crippen LogP contribution in [0.5, 0.6) is 5.75 Å². The minimum atomic E-state index is -0.675. The monoisotopic (exact) mass is 514 g/mol. The summed E-state index contributed by atoms with van der Waals surface area (Å²) in [4.78, 5) is 31.8. The van der Waals surface area contributed by atoms with Gasteiger partial charge in [0.05, 0.1) is 47.4 Å². The molecule has 5 rings (SSSR count). The average Bonchev–Trinajstić information content (AvgIpc) is 3.38. The second-order valence-electron chi connectivity index (χ2n) is 8.68. The molecule has 0 N–H and O–H groups in total. The summed E-state index contributed by atoms with van der Waals surface area (Å²) >= 11 is 1.29.